The number of nitrogens with zero attached hydrogens (tertiary/aromatic N) is 2. The largest absolute Gasteiger partial charge is 0.492 e. The Balaban J connectivity index is 1.46. The molecular formula is C20H29N3O4S. The van der Waals surface area contributed by atoms with Gasteiger partial charge in [0.05, 0.1) is 6.61 Å². The number of hydrogen-bond acceptors (Lipinski definition) is 4. The normalized spacial score (nSPS) is 24.8. The maximum atomic E-state index is 12.9. The second kappa shape index (κ2) is 7.55. The van der Waals surface area contributed by atoms with Crippen molar-refractivity contribution >= 4 is 16.1 Å². The van der Waals surface area contributed by atoms with E-state index in [1.807, 2.05) is 4.90 Å². The van der Waals surface area contributed by atoms with Gasteiger partial charge in [0.2, 0.25) is 10.0 Å². The molecule has 0 unspecified atom stereocenters. The fourth-order valence-electron chi connectivity index (χ4n) is 4.61. The number of rotatable bonds is 1. The third kappa shape index (κ3) is 3.72. The first kappa shape index (κ1) is 19.5. The monoisotopic (exact) mass is 407 g/mol. The number of hydrogen-bond donors (Lipinski definition) is 1. The molecule has 8 heteroatoms. The van der Waals surface area contributed by atoms with E-state index in [1.54, 1.807) is 31.3 Å². The molecule has 1 aliphatic carbocycles. The Morgan fingerprint density at radius 2 is 1.86 bits per heavy atom. The minimum absolute atomic E-state index is 0.0137. The summed E-state index contributed by atoms with van der Waals surface area (Å²) in [5, 5.41) is 3.15. The second-order valence-corrected chi connectivity index (χ2v) is 10.4. The molecule has 2 heterocycles. The molecule has 0 bridgehead atoms. The molecule has 0 radical (unpaired) electrons. The van der Waals surface area contributed by atoms with Gasteiger partial charge in [0.25, 0.3) is 0 Å². The topological polar surface area (TPSA) is 79.0 Å². The van der Waals surface area contributed by atoms with Crippen molar-refractivity contribution in [3.05, 3.63) is 24.3 Å². The van der Waals surface area contributed by atoms with Crippen molar-refractivity contribution in [3.8, 4) is 5.75 Å². The Morgan fingerprint density at radius 1 is 1.18 bits per heavy atom. The van der Waals surface area contributed by atoms with Gasteiger partial charge in [-0.2, -0.15) is 0 Å². The third-order valence-electron chi connectivity index (χ3n) is 6.42. The molecule has 28 heavy (non-hydrogen) atoms. The Labute approximate surface area is 167 Å². The molecule has 0 atom stereocenters. The fourth-order valence-corrected chi connectivity index (χ4v) is 6.02. The van der Waals surface area contributed by atoms with Crippen LogP contribution in [0.5, 0.6) is 5.75 Å². The standard InChI is InChI=1S/C20H29N3O4S/c1-22-14-20(15-27-17-8-4-5-9-18(17)28(22,25)26)10-12-23(13-11-20)19(24)21-16-6-2-3-7-16/h4-5,8-9,16H,2-3,6-7,10-15H2,1H3,(H,21,24). The number of para-hydroxylation sites is 1. The number of sulfonamides is 1. The van der Waals surface area contributed by atoms with Gasteiger partial charge in [-0.3, -0.25) is 0 Å². The van der Waals surface area contributed by atoms with Crippen molar-refractivity contribution in [2.45, 2.75) is 49.5 Å². The number of benzene rings is 1. The van der Waals surface area contributed by atoms with Crippen LogP contribution in [0, 0.1) is 5.41 Å². The van der Waals surface area contributed by atoms with E-state index in [-0.39, 0.29) is 16.3 Å². The number of ether oxygens (including phenoxy) is 1. The van der Waals surface area contributed by atoms with Crippen LogP contribution in [-0.4, -0.2) is 63.0 Å². The SMILES string of the molecule is CN1CC2(CCN(C(=O)NC3CCCC3)CC2)COc2ccccc2S1(=O)=O. The molecule has 2 aliphatic heterocycles. The van der Waals surface area contributed by atoms with Gasteiger partial charge in [0.15, 0.2) is 0 Å². The molecule has 1 spiro atoms. The zero-order chi connectivity index (χ0) is 19.8. The van der Waals surface area contributed by atoms with Crippen LogP contribution in [-0.2, 0) is 10.0 Å². The lowest BCUT2D eigenvalue weighted by Gasteiger charge is -2.44. The molecule has 154 valence electrons. The molecule has 1 aromatic carbocycles. The van der Waals surface area contributed by atoms with Crippen LogP contribution in [0.4, 0.5) is 4.79 Å². The van der Waals surface area contributed by atoms with E-state index in [2.05, 4.69) is 5.32 Å². The van der Waals surface area contributed by atoms with Gasteiger partial charge in [-0.15, -0.1) is 0 Å². The summed E-state index contributed by atoms with van der Waals surface area (Å²) in [6, 6.07) is 7.13. The number of nitrogens with one attached hydrogen (secondary N) is 1. The van der Waals surface area contributed by atoms with E-state index in [1.165, 1.54) is 17.1 Å². The molecule has 3 aliphatic rings. The van der Waals surface area contributed by atoms with Crippen molar-refractivity contribution in [2.75, 3.05) is 33.3 Å². The molecule has 7 nitrogen and oxygen atoms in total. The van der Waals surface area contributed by atoms with Crippen LogP contribution < -0.4 is 10.1 Å². The Bertz CT molecular complexity index is 828. The molecule has 1 saturated carbocycles. The van der Waals surface area contributed by atoms with Crippen LogP contribution in [0.1, 0.15) is 38.5 Å². The number of fused-ring (bicyclic) bond motifs is 1. The quantitative estimate of drug-likeness (QED) is 0.776. The highest BCUT2D eigenvalue weighted by molar-refractivity contribution is 7.89. The molecule has 1 aromatic rings. The second-order valence-electron chi connectivity index (χ2n) is 8.41. The molecular weight excluding hydrogens is 378 g/mol. The summed E-state index contributed by atoms with van der Waals surface area (Å²) in [5.41, 5.74) is -0.278. The first-order valence-corrected chi connectivity index (χ1v) is 11.6. The summed E-state index contributed by atoms with van der Waals surface area (Å²) in [6.45, 7) is 2.11. The lowest BCUT2D eigenvalue weighted by atomic mass is 9.79. The smallest absolute Gasteiger partial charge is 0.317 e. The van der Waals surface area contributed by atoms with Crippen LogP contribution in [0.15, 0.2) is 29.2 Å². The molecule has 0 aromatic heterocycles. The average molecular weight is 408 g/mol. The number of carbonyl (C=O) groups is 1. The number of likely N-dealkylation sites (tertiary alicyclic amines) is 1. The maximum Gasteiger partial charge on any atom is 0.317 e. The first-order chi connectivity index (χ1) is 13.4. The fraction of sp³-hybridized carbons (Fsp3) is 0.650. The summed E-state index contributed by atoms with van der Waals surface area (Å²) in [6.07, 6.45) is 5.97. The highest BCUT2D eigenvalue weighted by atomic mass is 32.2. The highest BCUT2D eigenvalue weighted by Crippen LogP contribution is 2.38. The molecule has 2 amide bonds. The molecule has 1 N–H and O–H groups in total. The number of carbonyl (C=O) groups excluding carboxylic acids is 1. The number of amides is 2. The van der Waals surface area contributed by atoms with E-state index >= 15 is 0 Å². The lowest BCUT2D eigenvalue weighted by molar-refractivity contribution is 0.0489. The first-order valence-electron chi connectivity index (χ1n) is 10.1. The molecule has 4 rings (SSSR count). The van der Waals surface area contributed by atoms with Gasteiger partial charge >= 0.3 is 6.03 Å². The average Bonchev–Trinajstić information content (AvgIpc) is 3.19. The van der Waals surface area contributed by atoms with E-state index in [0.717, 1.165) is 25.7 Å². The number of piperidine rings is 1. The van der Waals surface area contributed by atoms with Gasteiger partial charge in [0, 0.05) is 38.1 Å². The Morgan fingerprint density at radius 3 is 2.57 bits per heavy atom. The van der Waals surface area contributed by atoms with Crippen molar-refractivity contribution < 1.29 is 17.9 Å². The minimum atomic E-state index is -3.59. The Kier molecular flexibility index (Phi) is 5.26. The van der Waals surface area contributed by atoms with Gasteiger partial charge in [-0.1, -0.05) is 25.0 Å². The van der Waals surface area contributed by atoms with Crippen molar-refractivity contribution in [3.63, 3.8) is 0 Å². The summed E-state index contributed by atoms with van der Waals surface area (Å²) in [7, 11) is -1.95. The Hall–Kier alpha value is -1.80. The van der Waals surface area contributed by atoms with Gasteiger partial charge < -0.3 is 15.0 Å². The van der Waals surface area contributed by atoms with Crippen LogP contribution in [0.3, 0.4) is 0 Å². The van der Waals surface area contributed by atoms with E-state index in [9.17, 15) is 13.2 Å². The van der Waals surface area contributed by atoms with Crippen molar-refractivity contribution in [2.24, 2.45) is 5.41 Å². The zero-order valence-electron chi connectivity index (χ0n) is 16.4. The van der Waals surface area contributed by atoms with Crippen molar-refractivity contribution in [1.29, 1.82) is 0 Å². The lowest BCUT2D eigenvalue weighted by Crippen LogP contribution is -2.54. The summed E-state index contributed by atoms with van der Waals surface area (Å²) in [4.78, 5) is 14.6. The predicted molar refractivity (Wildman–Crippen MR) is 106 cm³/mol. The van der Waals surface area contributed by atoms with Crippen molar-refractivity contribution in [1.82, 2.24) is 14.5 Å². The van der Waals surface area contributed by atoms with Crippen LogP contribution in [0.25, 0.3) is 0 Å². The van der Waals surface area contributed by atoms with E-state index in [4.69, 9.17) is 4.74 Å². The van der Waals surface area contributed by atoms with E-state index < -0.39 is 10.0 Å². The van der Waals surface area contributed by atoms with Crippen LogP contribution >= 0.6 is 0 Å². The maximum absolute atomic E-state index is 12.9. The van der Waals surface area contributed by atoms with Gasteiger partial charge in [0.1, 0.15) is 10.6 Å². The number of urea groups is 1. The summed E-state index contributed by atoms with van der Waals surface area (Å²) >= 11 is 0. The highest BCUT2D eigenvalue weighted by Gasteiger charge is 2.42. The predicted octanol–water partition coefficient (Wildman–Crippen LogP) is 2.43. The van der Waals surface area contributed by atoms with Gasteiger partial charge in [-0.25, -0.2) is 17.5 Å². The zero-order valence-corrected chi connectivity index (χ0v) is 17.2. The molecule has 1 saturated heterocycles. The van der Waals surface area contributed by atoms with Crippen LogP contribution in [0.2, 0.25) is 0 Å². The third-order valence-corrected chi connectivity index (χ3v) is 8.27. The van der Waals surface area contributed by atoms with E-state index in [0.29, 0.717) is 38.0 Å². The summed E-state index contributed by atoms with van der Waals surface area (Å²) < 4.78 is 33.3. The minimum Gasteiger partial charge on any atom is -0.492 e. The van der Waals surface area contributed by atoms with Gasteiger partial charge in [-0.05, 0) is 37.8 Å². The molecule has 2 fully saturated rings. The summed E-state index contributed by atoms with van der Waals surface area (Å²) in [5.74, 6) is 0.412.